The number of hydrogen-bond donors (Lipinski definition) is 0. The SMILES string of the molecule is COc1cc(OC)c(C(=O)/C=C/c2ccccc2)cc1Oc1ccc(S(=O)(=O)c2ccc(C)cc2)cc1. The Balaban J connectivity index is 1.61. The molecule has 4 rings (SSSR count). The van der Waals surface area contributed by atoms with Crippen molar-refractivity contribution in [2.75, 3.05) is 14.2 Å². The van der Waals surface area contributed by atoms with Crippen LogP contribution in [0.4, 0.5) is 0 Å². The summed E-state index contributed by atoms with van der Waals surface area (Å²) < 4.78 is 42.7. The van der Waals surface area contributed by atoms with Crippen molar-refractivity contribution in [1.82, 2.24) is 0 Å². The lowest BCUT2D eigenvalue weighted by Gasteiger charge is -2.15. The second-order valence-corrected chi connectivity index (χ2v) is 10.2. The molecule has 0 aliphatic carbocycles. The fourth-order valence-electron chi connectivity index (χ4n) is 3.64. The molecular weight excluding hydrogens is 488 g/mol. The molecule has 0 aliphatic rings. The minimum atomic E-state index is -3.66. The van der Waals surface area contributed by atoms with E-state index in [1.807, 2.05) is 37.3 Å². The third kappa shape index (κ3) is 5.90. The van der Waals surface area contributed by atoms with Crippen LogP contribution < -0.4 is 14.2 Å². The van der Waals surface area contributed by atoms with E-state index in [0.717, 1.165) is 11.1 Å². The van der Waals surface area contributed by atoms with Crippen molar-refractivity contribution >= 4 is 21.7 Å². The van der Waals surface area contributed by atoms with Gasteiger partial charge in [0, 0.05) is 6.07 Å². The molecule has 37 heavy (non-hydrogen) atoms. The van der Waals surface area contributed by atoms with E-state index in [-0.39, 0.29) is 21.3 Å². The predicted octanol–water partition coefficient (Wildman–Crippen LogP) is 6.53. The highest BCUT2D eigenvalue weighted by atomic mass is 32.2. The van der Waals surface area contributed by atoms with Gasteiger partial charge in [0.05, 0.1) is 29.6 Å². The highest BCUT2D eigenvalue weighted by Crippen LogP contribution is 2.38. The molecule has 0 radical (unpaired) electrons. The lowest BCUT2D eigenvalue weighted by molar-refractivity contribution is 0.104. The molecule has 4 aromatic rings. The van der Waals surface area contributed by atoms with Gasteiger partial charge in [-0.15, -0.1) is 0 Å². The van der Waals surface area contributed by atoms with Crippen molar-refractivity contribution in [2.24, 2.45) is 0 Å². The first-order chi connectivity index (χ1) is 17.8. The molecular formula is C30H26O6S. The molecule has 0 aliphatic heterocycles. The van der Waals surface area contributed by atoms with E-state index in [1.54, 1.807) is 54.6 Å². The molecule has 0 atom stereocenters. The zero-order valence-electron chi connectivity index (χ0n) is 20.7. The van der Waals surface area contributed by atoms with E-state index in [1.165, 1.54) is 32.4 Å². The number of allylic oxidation sites excluding steroid dienone is 1. The number of methoxy groups -OCH3 is 2. The van der Waals surface area contributed by atoms with Crippen molar-refractivity contribution in [3.63, 3.8) is 0 Å². The minimum absolute atomic E-state index is 0.146. The van der Waals surface area contributed by atoms with Gasteiger partial charge in [0.25, 0.3) is 0 Å². The topological polar surface area (TPSA) is 78.9 Å². The van der Waals surface area contributed by atoms with Gasteiger partial charge in [0.15, 0.2) is 17.3 Å². The summed E-state index contributed by atoms with van der Waals surface area (Å²) in [5, 5.41) is 0. The molecule has 0 aromatic heterocycles. The smallest absolute Gasteiger partial charge is 0.206 e. The quantitative estimate of drug-likeness (QED) is 0.187. The molecule has 0 saturated heterocycles. The van der Waals surface area contributed by atoms with Gasteiger partial charge >= 0.3 is 0 Å². The first-order valence-corrected chi connectivity index (χ1v) is 12.9. The summed E-state index contributed by atoms with van der Waals surface area (Å²) in [5.74, 6) is 1.09. The Bertz CT molecular complexity index is 1520. The van der Waals surface area contributed by atoms with Crippen molar-refractivity contribution in [3.05, 3.63) is 114 Å². The summed E-state index contributed by atoms with van der Waals surface area (Å²) in [5.41, 5.74) is 2.16. The van der Waals surface area contributed by atoms with Gasteiger partial charge in [0.2, 0.25) is 9.84 Å². The fraction of sp³-hybridized carbons (Fsp3) is 0.100. The number of aryl methyl sites for hydroxylation is 1. The van der Waals surface area contributed by atoms with Crippen LogP contribution in [0.2, 0.25) is 0 Å². The number of ether oxygens (including phenoxy) is 3. The van der Waals surface area contributed by atoms with Crippen molar-refractivity contribution < 1.29 is 27.4 Å². The zero-order valence-corrected chi connectivity index (χ0v) is 21.5. The van der Waals surface area contributed by atoms with Gasteiger partial charge in [-0.05, 0) is 61.0 Å². The molecule has 188 valence electrons. The first kappa shape index (κ1) is 25.7. The maximum absolute atomic E-state index is 13.0. The summed E-state index contributed by atoms with van der Waals surface area (Å²) in [6.07, 6.45) is 3.19. The molecule has 0 N–H and O–H groups in total. The number of hydrogen-bond acceptors (Lipinski definition) is 6. The first-order valence-electron chi connectivity index (χ1n) is 11.4. The van der Waals surface area contributed by atoms with Crippen molar-refractivity contribution in [3.8, 4) is 23.0 Å². The predicted molar refractivity (Wildman–Crippen MR) is 142 cm³/mol. The minimum Gasteiger partial charge on any atom is -0.496 e. The van der Waals surface area contributed by atoms with Crippen LogP contribution in [0, 0.1) is 6.92 Å². The van der Waals surface area contributed by atoms with E-state index in [9.17, 15) is 13.2 Å². The normalized spacial score (nSPS) is 11.3. The van der Waals surface area contributed by atoms with E-state index in [2.05, 4.69) is 0 Å². The van der Waals surface area contributed by atoms with Gasteiger partial charge in [-0.2, -0.15) is 0 Å². The highest BCUT2D eigenvalue weighted by Gasteiger charge is 2.19. The largest absolute Gasteiger partial charge is 0.496 e. The average molecular weight is 515 g/mol. The van der Waals surface area contributed by atoms with Gasteiger partial charge in [-0.3, -0.25) is 4.79 Å². The van der Waals surface area contributed by atoms with E-state index in [0.29, 0.717) is 22.8 Å². The Morgan fingerprint density at radius 3 is 1.92 bits per heavy atom. The third-order valence-corrected chi connectivity index (χ3v) is 7.46. The van der Waals surface area contributed by atoms with Crippen molar-refractivity contribution in [2.45, 2.75) is 16.7 Å². The number of carbonyl (C=O) groups excluding carboxylic acids is 1. The van der Waals surface area contributed by atoms with Gasteiger partial charge in [-0.25, -0.2) is 8.42 Å². The molecule has 0 spiro atoms. The lowest BCUT2D eigenvalue weighted by Crippen LogP contribution is -2.03. The third-order valence-electron chi connectivity index (χ3n) is 5.67. The van der Waals surface area contributed by atoms with Crippen LogP contribution in [0.5, 0.6) is 23.0 Å². The second-order valence-electron chi connectivity index (χ2n) is 8.20. The Hall–Kier alpha value is -4.36. The number of rotatable bonds is 9. The summed E-state index contributed by atoms with van der Waals surface area (Å²) in [6.45, 7) is 1.90. The fourth-order valence-corrected chi connectivity index (χ4v) is 4.90. The van der Waals surface area contributed by atoms with Crippen molar-refractivity contribution in [1.29, 1.82) is 0 Å². The van der Waals surface area contributed by atoms with Crippen LogP contribution in [-0.2, 0) is 9.84 Å². The summed E-state index contributed by atoms with van der Waals surface area (Å²) in [7, 11) is -0.709. The maximum atomic E-state index is 13.0. The van der Waals surface area contributed by atoms with Crippen LogP contribution in [0.3, 0.4) is 0 Å². The van der Waals surface area contributed by atoms with Crippen LogP contribution >= 0.6 is 0 Å². The van der Waals surface area contributed by atoms with Crippen LogP contribution in [-0.4, -0.2) is 28.4 Å². The molecule has 0 fully saturated rings. The van der Waals surface area contributed by atoms with Gasteiger partial charge < -0.3 is 14.2 Å². The summed E-state index contributed by atoms with van der Waals surface area (Å²) >= 11 is 0. The average Bonchev–Trinajstić information content (AvgIpc) is 2.92. The molecule has 0 unspecified atom stereocenters. The van der Waals surface area contributed by atoms with E-state index in [4.69, 9.17) is 14.2 Å². The van der Waals surface area contributed by atoms with E-state index < -0.39 is 9.84 Å². The Labute approximate surface area is 216 Å². The molecule has 0 bridgehead atoms. The molecule has 6 nitrogen and oxygen atoms in total. The van der Waals surface area contributed by atoms with Gasteiger partial charge in [0.1, 0.15) is 11.5 Å². The van der Waals surface area contributed by atoms with Crippen LogP contribution in [0.25, 0.3) is 6.08 Å². The van der Waals surface area contributed by atoms with Gasteiger partial charge in [-0.1, -0.05) is 54.1 Å². The maximum Gasteiger partial charge on any atom is 0.206 e. The molecule has 0 amide bonds. The second kappa shape index (κ2) is 11.1. The number of benzene rings is 4. The number of carbonyl (C=O) groups is 1. The summed E-state index contributed by atoms with van der Waals surface area (Å²) in [4.78, 5) is 13.3. The van der Waals surface area contributed by atoms with Crippen LogP contribution in [0.15, 0.2) is 107 Å². The zero-order chi connectivity index (χ0) is 26.4. The highest BCUT2D eigenvalue weighted by molar-refractivity contribution is 7.91. The summed E-state index contributed by atoms with van der Waals surface area (Å²) in [6, 6.07) is 25.4. The standard InChI is InChI=1S/C30H26O6S/c1-21-9-14-24(15-10-21)37(32,33)25-16-12-23(13-17-25)36-30-19-26(28(34-2)20-29(30)35-3)27(31)18-11-22-7-5-4-6-8-22/h4-20H,1-3H3/b18-11+. The lowest BCUT2D eigenvalue weighted by atomic mass is 10.1. The molecule has 0 heterocycles. The Morgan fingerprint density at radius 1 is 0.730 bits per heavy atom. The van der Waals surface area contributed by atoms with E-state index >= 15 is 0 Å². The monoisotopic (exact) mass is 514 g/mol. The number of sulfone groups is 1. The molecule has 7 heteroatoms. The number of ketones is 1. The Morgan fingerprint density at radius 2 is 1.32 bits per heavy atom. The molecule has 4 aromatic carbocycles. The molecule has 0 saturated carbocycles. The Kier molecular flexibility index (Phi) is 7.74. The van der Waals surface area contributed by atoms with Crippen LogP contribution in [0.1, 0.15) is 21.5 Å².